The lowest BCUT2D eigenvalue weighted by Gasteiger charge is -2.15. The molecule has 2 amide bonds. The van der Waals surface area contributed by atoms with Gasteiger partial charge in [0.1, 0.15) is 5.75 Å². The summed E-state index contributed by atoms with van der Waals surface area (Å²) in [7, 11) is 0. The van der Waals surface area contributed by atoms with Crippen molar-refractivity contribution in [3.8, 4) is 5.75 Å². The Morgan fingerprint density at radius 1 is 1.00 bits per heavy atom. The van der Waals surface area contributed by atoms with Gasteiger partial charge in [-0.05, 0) is 67.6 Å². The Morgan fingerprint density at radius 2 is 1.61 bits per heavy atom. The molecular weight excluding hydrogens is 461 g/mol. The number of benzene rings is 3. The van der Waals surface area contributed by atoms with Crippen LogP contribution in [0.2, 0.25) is 10.0 Å². The van der Waals surface area contributed by atoms with Crippen LogP contribution in [0, 0.1) is 0 Å². The summed E-state index contributed by atoms with van der Waals surface area (Å²) in [5.41, 5.74) is 4.96. The van der Waals surface area contributed by atoms with Crippen molar-refractivity contribution in [1.82, 2.24) is 10.7 Å². The van der Waals surface area contributed by atoms with Crippen LogP contribution in [0.1, 0.15) is 34.5 Å². The van der Waals surface area contributed by atoms with E-state index in [0.29, 0.717) is 22.2 Å². The molecule has 6 nitrogen and oxygen atoms in total. The van der Waals surface area contributed by atoms with Crippen LogP contribution in [0.15, 0.2) is 72.8 Å². The molecule has 0 bridgehead atoms. The highest BCUT2D eigenvalue weighted by Gasteiger charge is 2.47. The maximum Gasteiger partial charge on any atom is 0.304 e. The Morgan fingerprint density at radius 3 is 2.21 bits per heavy atom. The predicted octanol–water partition coefficient (Wildman–Crippen LogP) is 4.41. The van der Waals surface area contributed by atoms with Gasteiger partial charge in [0.05, 0.1) is 6.61 Å². The van der Waals surface area contributed by atoms with Crippen LogP contribution in [0.3, 0.4) is 0 Å². The van der Waals surface area contributed by atoms with Crippen molar-refractivity contribution in [2.45, 2.75) is 19.0 Å². The first kappa shape index (κ1) is 22.8. The number of nitrogens with zero attached hydrogens (tertiary/aromatic N) is 1. The molecule has 0 aromatic heterocycles. The SMILES string of the molecule is CCOc1ccc(/C=[N+]2\NC(=O)[C@@H](NC(=O)c3ccc(Cl)cc3)[C@@H]2c2ccc(Cl)cc2)cc1. The van der Waals surface area contributed by atoms with Gasteiger partial charge < -0.3 is 10.1 Å². The molecule has 1 heterocycles. The number of hydrogen-bond acceptors (Lipinski definition) is 3. The third-order valence-corrected chi connectivity index (χ3v) is 5.72. The van der Waals surface area contributed by atoms with Gasteiger partial charge in [0.25, 0.3) is 5.91 Å². The van der Waals surface area contributed by atoms with Crippen LogP contribution in [0.4, 0.5) is 0 Å². The number of rotatable bonds is 6. The van der Waals surface area contributed by atoms with Gasteiger partial charge in [0.2, 0.25) is 12.3 Å². The van der Waals surface area contributed by atoms with E-state index in [-0.39, 0.29) is 11.8 Å². The van der Waals surface area contributed by atoms with Gasteiger partial charge >= 0.3 is 5.91 Å². The molecule has 1 aliphatic rings. The zero-order valence-electron chi connectivity index (χ0n) is 17.8. The summed E-state index contributed by atoms with van der Waals surface area (Å²) in [6, 6.07) is 19.9. The highest BCUT2D eigenvalue weighted by Crippen LogP contribution is 2.27. The van der Waals surface area contributed by atoms with Gasteiger partial charge in [-0.1, -0.05) is 35.3 Å². The van der Waals surface area contributed by atoms with Crippen molar-refractivity contribution in [2.75, 3.05) is 6.61 Å². The molecule has 0 spiro atoms. The molecule has 0 saturated carbocycles. The monoisotopic (exact) mass is 482 g/mol. The second-order valence-electron chi connectivity index (χ2n) is 7.47. The molecule has 1 fully saturated rings. The molecule has 8 heteroatoms. The number of nitrogens with one attached hydrogen (secondary N) is 2. The quantitative estimate of drug-likeness (QED) is 0.511. The molecule has 1 saturated heterocycles. The van der Waals surface area contributed by atoms with E-state index in [1.807, 2.05) is 49.5 Å². The van der Waals surface area contributed by atoms with E-state index in [1.54, 1.807) is 41.1 Å². The van der Waals surface area contributed by atoms with Crippen LogP contribution in [0.25, 0.3) is 0 Å². The minimum Gasteiger partial charge on any atom is -0.494 e. The fourth-order valence-electron chi connectivity index (χ4n) is 3.64. The van der Waals surface area contributed by atoms with Crippen molar-refractivity contribution in [2.24, 2.45) is 0 Å². The summed E-state index contributed by atoms with van der Waals surface area (Å²) >= 11 is 12.0. The maximum atomic E-state index is 12.9. The smallest absolute Gasteiger partial charge is 0.304 e. The Hall–Kier alpha value is -3.35. The lowest BCUT2D eigenvalue weighted by molar-refractivity contribution is -0.596. The number of carbonyl (C=O) groups excluding carboxylic acids is 2. The van der Waals surface area contributed by atoms with Crippen molar-refractivity contribution >= 4 is 41.2 Å². The lowest BCUT2D eigenvalue weighted by Crippen LogP contribution is -2.42. The van der Waals surface area contributed by atoms with E-state index in [9.17, 15) is 9.59 Å². The largest absolute Gasteiger partial charge is 0.494 e. The highest BCUT2D eigenvalue weighted by atomic mass is 35.5. The van der Waals surface area contributed by atoms with Crippen LogP contribution in [-0.4, -0.2) is 35.4 Å². The molecule has 168 valence electrons. The van der Waals surface area contributed by atoms with E-state index in [2.05, 4.69) is 10.7 Å². The van der Waals surface area contributed by atoms with E-state index in [4.69, 9.17) is 27.9 Å². The van der Waals surface area contributed by atoms with E-state index < -0.39 is 12.1 Å². The van der Waals surface area contributed by atoms with Crippen molar-refractivity contribution in [1.29, 1.82) is 0 Å². The van der Waals surface area contributed by atoms with Gasteiger partial charge in [0.15, 0.2) is 6.04 Å². The van der Waals surface area contributed by atoms with Crippen molar-refractivity contribution in [3.63, 3.8) is 0 Å². The average Bonchev–Trinajstić information content (AvgIpc) is 3.10. The first-order chi connectivity index (χ1) is 15.9. The standard InChI is InChI=1S/C25H21Cl2N3O3/c1-2-33-21-13-3-16(4-14-21)15-30-23(17-5-9-19(26)10-6-17)22(25(32)29-30)28-24(31)18-7-11-20(27)12-8-18/h3-15,22-23H,2H2,1H3,(H-,28,29,31,32)/p+1/b30-15-/t22-,23-/m0/s1. The van der Waals surface area contributed by atoms with Gasteiger partial charge in [0, 0.05) is 26.7 Å². The Bertz CT molecular complexity index is 1180. The molecule has 2 atom stereocenters. The molecule has 3 aromatic rings. The second kappa shape index (κ2) is 10.1. The zero-order valence-corrected chi connectivity index (χ0v) is 19.3. The number of amides is 2. The average molecular weight is 483 g/mol. The van der Waals surface area contributed by atoms with Gasteiger partial charge in [-0.25, -0.2) is 0 Å². The molecular formula is C25H22Cl2N3O3+. The third kappa shape index (κ3) is 5.35. The van der Waals surface area contributed by atoms with Gasteiger partial charge in [-0.2, -0.15) is 0 Å². The molecule has 3 aromatic carbocycles. The molecule has 33 heavy (non-hydrogen) atoms. The normalized spacial score (nSPS) is 18.8. The van der Waals surface area contributed by atoms with Gasteiger partial charge in [-0.15, -0.1) is 10.1 Å². The third-order valence-electron chi connectivity index (χ3n) is 5.22. The molecule has 4 rings (SSSR count). The Balaban J connectivity index is 1.66. The maximum absolute atomic E-state index is 12.9. The second-order valence-corrected chi connectivity index (χ2v) is 8.34. The number of hydrazone groups is 1. The Kier molecular flexibility index (Phi) is 6.96. The van der Waals surface area contributed by atoms with Crippen LogP contribution < -0.4 is 15.5 Å². The van der Waals surface area contributed by atoms with Crippen molar-refractivity contribution in [3.05, 3.63) is 99.5 Å². The van der Waals surface area contributed by atoms with Crippen molar-refractivity contribution < 1.29 is 19.0 Å². The zero-order chi connectivity index (χ0) is 23.4. The fourth-order valence-corrected chi connectivity index (χ4v) is 3.90. The number of halogens is 2. The van der Waals surface area contributed by atoms with Gasteiger partial charge in [-0.3, -0.25) is 9.59 Å². The summed E-state index contributed by atoms with van der Waals surface area (Å²) in [6.07, 6.45) is 1.82. The molecule has 0 aliphatic carbocycles. The van der Waals surface area contributed by atoms with Crippen LogP contribution in [0.5, 0.6) is 5.75 Å². The summed E-state index contributed by atoms with van der Waals surface area (Å²) < 4.78 is 7.20. The number of ether oxygens (including phenoxy) is 1. The molecule has 0 unspecified atom stereocenters. The molecule has 0 radical (unpaired) electrons. The first-order valence-corrected chi connectivity index (χ1v) is 11.2. The number of hydrazine groups is 1. The summed E-state index contributed by atoms with van der Waals surface area (Å²) in [6.45, 7) is 2.51. The predicted molar refractivity (Wildman–Crippen MR) is 128 cm³/mol. The van der Waals surface area contributed by atoms with E-state index >= 15 is 0 Å². The van der Waals surface area contributed by atoms with Crippen LogP contribution in [-0.2, 0) is 4.79 Å². The number of carbonyl (C=O) groups is 2. The highest BCUT2D eigenvalue weighted by molar-refractivity contribution is 6.30. The topological polar surface area (TPSA) is 70.4 Å². The fraction of sp³-hybridized carbons (Fsp3) is 0.160. The van der Waals surface area contributed by atoms with E-state index in [0.717, 1.165) is 16.9 Å². The Labute approximate surface area is 201 Å². The lowest BCUT2D eigenvalue weighted by atomic mass is 10.00. The summed E-state index contributed by atoms with van der Waals surface area (Å²) in [5.74, 6) is 0.0793. The molecule has 2 N–H and O–H groups in total. The summed E-state index contributed by atoms with van der Waals surface area (Å²) in [5, 5.41) is 3.97. The first-order valence-electron chi connectivity index (χ1n) is 10.4. The minimum absolute atomic E-state index is 0.320. The van der Waals surface area contributed by atoms with E-state index in [1.165, 1.54) is 0 Å². The summed E-state index contributed by atoms with van der Waals surface area (Å²) in [4.78, 5) is 25.8. The molecule has 1 aliphatic heterocycles. The van der Waals surface area contributed by atoms with Crippen LogP contribution >= 0.6 is 23.2 Å². The number of hydrogen-bond donors (Lipinski definition) is 2. The minimum atomic E-state index is -0.826.